The van der Waals surface area contributed by atoms with E-state index in [1.165, 1.54) is 23.1 Å². The molecule has 3 nitrogen and oxygen atoms in total. The molecule has 0 fully saturated rings. The Morgan fingerprint density at radius 2 is 1.29 bits per heavy atom. The van der Waals surface area contributed by atoms with E-state index in [9.17, 15) is 5.11 Å². The Kier molecular flexibility index (Phi) is 16.4. The molecule has 0 bridgehead atoms. The molecule has 0 aliphatic carbocycles. The van der Waals surface area contributed by atoms with Crippen molar-refractivity contribution in [3.63, 3.8) is 0 Å². The second kappa shape index (κ2) is 19.9. The van der Waals surface area contributed by atoms with E-state index in [1.807, 2.05) is 66.7 Å². The van der Waals surface area contributed by atoms with E-state index in [0.717, 1.165) is 35.5 Å². The molecule has 0 amide bonds. The summed E-state index contributed by atoms with van der Waals surface area (Å²) in [6.07, 6.45) is 2.65. The molecule has 0 aliphatic rings. The van der Waals surface area contributed by atoms with Crippen LogP contribution in [-0.4, -0.2) is 27.4 Å². The summed E-state index contributed by atoms with van der Waals surface area (Å²) in [5, 5.41) is 9.73. The topological polar surface area (TPSA) is 38.7 Å². The van der Waals surface area contributed by atoms with E-state index in [4.69, 9.17) is 9.47 Å². The zero-order chi connectivity index (χ0) is 33.1. The number of rotatable bonds is 7. The predicted octanol–water partition coefficient (Wildman–Crippen LogP) is 9.93. The molecule has 236 valence electrons. The lowest BCUT2D eigenvalue weighted by Crippen LogP contribution is -2.16. The van der Waals surface area contributed by atoms with Gasteiger partial charge in [-0.15, -0.1) is 11.5 Å². The van der Waals surface area contributed by atoms with Gasteiger partial charge in [-0.05, 0) is 49.6 Å². The summed E-state index contributed by atoms with van der Waals surface area (Å²) in [5.74, 6) is 11.6. The van der Waals surface area contributed by atoms with Gasteiger partial charge in [-0.3, -0.25) is 0 Å². The Balaban J connectivity index is 0.000000261. The Labute approximate surface area is 273 Å². The lowest BCUT2D eigenvalue weighted by molar-refractivity contribution is 0.238. The number of methoxy groups -OCH3 is 2. The zero-order valence-electron chi connectivity index (χ0n) is 28.4. The van der Waals surface area contributed by atoms with Crippen LogP contribution in [0.5, 0.6) is 11.5 Å². The van der Waals surface area contributed by atoms with Crippen molar-refractivity contribution in [3.8, 4) is 34.8 Å². The van der Waals surface area contributed by atoms with Crippen molar-refractivity contribution in [1.29, 1.82) is 0 Å². The quantitative estimate of drug-likeness (QED) is 0.127. The first-order valence-corrected chi connectivity index (χ1v) is 19.1. The molecule has 0 aromatic heterocycles. The Hall–Kier alpha value is -4.22. The molecule has 45 heavy (non-hydrogen) atoms. The van der Waals surface area contributed by atoms with Crippen molar-refractivity contribution in [2.75, 3.05) is 14.2 Å². The Morgan fingerprint density at radius 1 is 0.711 bits per heavy atom. The largest absolute Gasteiger partial charge is 0.497 e. The second-order valence-corrected chi connectivity index (χ2v) is 16.6. The summed E-state index contributed by atoms with van der Waals surface area (Å²) in [6.45, 7) is 12.8. The molecule has 4 heteroatoms. The van der Waals surface area contributed by atoms with Crippen molar-refractivity contribution >= 4 is 8.07 Å². The van der Waals surface area contributed by atoms with Crippen LogP contribution in [0.2, 0.25) is 19.6 Å². The number of aliphatic hydroxyl groups excluding tert-OH is 1. The number of hydrogen-bond acceptors (Lipinski definition) is 3. The van der Waals surface area contributed by atoms with Crippen molar-refractivity contribution in [2.45, 2.75) is 71.7 Å². The van der Waals surface area contributed by atoms with Crippen LogP contribution in [-0.2, 0) is 0 Å². The normalized spacial score (nSPS) is 11.4. The van der Waals surface area contributed by atoms with E-state index in [1.54, 1.807) is 14.2 Å². The van der Waals surface area contributed by atoms with Crippen LogP contribution in [0.4, 0.5) is 0 Å². The smallest absolute Gasteiger partial charge is 0.139 e. The molecule has 0 saturated heterocycles. The summed E-state index contributed by atoms with van der Waals surface area (Å²) in [6, 6.07) is 34.3. The lowest BCUT2D eigenvalue weighted by atomic mass is 9.90. The molecular formula is C41H50O3Si. The zero-order valence-corrected chi connectivity index (χ0v) is 29.4. The van der Waals surface area contributed by atoms with Crippen LogP contribution >= 0.6 is 0 Å². The van der Waals surface area contributed by atoms with Gasteiger partial charge in [0.2, 0.25) is 0 Å². The SMILES string of the molecule is CCCCC#C[C@H](c1ccccc1)c1cc(C)ccc1OC.COc1ccc(C)cc1.C[Si](C)(C)C#CC(O)c1ccccc1. The van der Waals surface area contributed by atoms with Gasteiger partial charge in [-0.2, -0.15) is 0 Å². The van der Waals surface area contributed by atoms with Gasteiger partial charge in [0.1, 0.15) is 25.7 Å². The first-order valence-electron chi connectivity index (χ1n) is 15.6. The molecule has 2 atom stereocenters. The predicted molar refractivity (Wildman–Crippen MR) is 194 cm³/mol. The molecule has 4 aromatic carbocycles. The summed E-state index contributed by atoms with van der Waals surface area (Å²) in [4.78, 5) is 0. The van der Waals surface area contributed by atoms with Gasteiger partial charge in [0.05, 0.1) is 20.1 Å². The van der Waals surface area contributed by atoms with Gasteiger partial charge >= 0.3 is 0 Å². The van der Waals surface area contributed by atoms with E-state index in [0.29, 0.717) is 0 Å². The number of aryl methyl sites for hydroxylation is 2. The molecule has 1 N–H and O–H groups in total. The Morgan fingerprint density at radius 3 is 1.82 bits per heavy atom. The van der Waals surface area contributed by atoms with Gasteiger partial charge in [-0.1, -0.05) is 141 Å². The van der Waals surface area contributed by atoms with Gasteiger partial charge in [0.15, 0.2) is 0 Å². The van der Waals surface area contributed by atoms with Crippen LogP contribution < -0.4 is 9.47 Å². The van der Waals surface area contributed by atoms with Gasteiger partial charge < -0.3 is 14.6 Å². The Bertz CT molecular complexity index is 1520. The molecular weight excluding hydrogens is 569 g/mol. The monoisotopic (exact) mass is 618 g/mol. The van der Waals surface area contributed by atoms with Gasteiger partial charge in [0, 0.05) is 12.0 Å². The fraction of sp³-hybridized carbons (Fsp3) is 0.317. The average Bonchev–Trinajstić information content (AvgIpc) is 3.05. The minimum absolute atomic E-state index is 0.0629. The van der Waals surface area contributed by atoms with Crippen molar-refractivity contribution in [2.24, 2.45) is 0 Å². The van der Waals surface area contributed by atoms with E-state index < -0.39 is 14.2 Å². The molecule has 0 aliphatic heterocycles. The van der Waals surface area contributed by atoms with Crippen molar-refractivity contribution in [3.05, 3.63) is 131 Å². The second-order valence-electron chi connectivity index (χ2n) is 11.9. The minimum atomic E-state index is -1.37. The molecule has 0 heterocycles. The van der Waals surface area contributed by atoms with Crippen LogP contribution in [0.1, 0.15) is 66.0 Å². The van der Waals surface area contributed by atoms with Crippen molar-refractivity contribution in [1.82, 2.24) is 0 Å². The highest BCUT2D eigenvalue weighted by Crippen LogP contribution is 2.32. The number of aliphatic hydroxyl groups is 1. The van der Waals surface area contributed by atoms with E-state index in [2.05, 4.69) is 100 Å². The standard InChI is InChI=1S/C21H24O.C12H16OSi.C8H10O/c1-4-5-6-10-13-19(18-11-8-7-9-12-18)20-16-17(2)14-15-21(20)22-3;1-14(2,3)10-9-12(13)11-7-5-4-6-8-11;1-7-3-5-8(9-2)6-4-7/h7-9,11-12,14-16,19H,4-6H2,1-3H3;4-8,12-13H,1-3H3;3-6H,1-2H3/t19-;;/m1../s1. The molecule has 4 aromatic rings. The summed E-state index contributed by atoms with van der Waals surface area (Å²) in [7, 11) is 2.02. The van der Waals surface area contributed by atoms with E-state index in [-0.39, 0.29) is 5.92 Å². The average molecular weight is 619 g/mol. The number of hydrogen-bond donors (Lipinski definition) is 1. The van der Waals surface area contributed by atoms with Gasteiger partial charge in [0.25, 0.3) is 0 Å². The van der Waals surface area contributed by atoms with Gasteiger partial charge in [-0.25, -0.2) is 0 Å². The first-order chi connectivity index (χ1) is 21.6. The van der Waals surface area contributed by atoms with Crippen LogP contribution in [0, 0.1) is 37.2 Å². The van der Waals surface area contributed by atoms with Crippen LogP contribution in [0.25, 0.3) is 0 Å². The lowest BCUT2D eigenvalue weighted by Gasteiger charge is -2.16. The highest BCUT2D eigenvalue weighted by atomic mass is 28.3. The molecule has 0 saturated carbocycles. The summed E-state index contributed by atoms with van der Waals surface area (Å²) >= 11 is 0. The fourth-order valence-electron chi connectivity index (χ4n) is 4.18. The summed E-state index contributed by atoms with van der Waals surface area (Å²) in [5.41, 5.74) is 8.89. The number of benzene rings is 4. The maximum absolute atomic E-state index is 9.73. The third kappa shape index (κ3) is 14.4. The molecule has 0 radical (unpaired) electrons. The maximum atomic E-state index is 9.73. The maximum Gasteiger partial charge on any atom is 0.139 e. The van der Waals surface area contributed by atoms with E-state index >= 15 is 0 Å². The third-order valence-corrected chi connectivity index (χ3v) is 7.58. The first kappa shape index (κ1) is 37.0. The number of unbranched alkanes of at least 4 members (excludes halogenated alkanes) is 2. The number of ether oxygens (including phenoxy) is 2. The minimum Gasteiger partial charge on any atom is -0.497 e. The van der Waals surface area contributed by atoms with Crippen molar-refractivity contribution < 1.29 is 14.6 Å². The molecule has 0 spiro atoms. The fourth-order valence-corrected chi connectivity index (χ4v) is 4.75. The van der Waals surface area contributed by atoms with Crippen LogP contribution in [0.3, 0.4) is 0 Å². The summed E-state index contributed by atoms with van der Waals surface area (Å²) < 4.78 is 10.5. The highest BCUT2D eigenvalue weighted by molar-refractivity contribution is 6.83. The highest BCUT2D eigenvalue weighted by Gasteiger charge is 2.16. The molecule has 1 unspecified atom stereocenters. The molecule has 4 rings (SSSR count). The van der Waals surface area contributed by atoms with Crippen LogP contribution in [0.15, 0.2) is 103 Å². The third-order valence-electron chi connectivity index (χ3n) is 6.69.